The van der Waals surface area contributed by atoms with Crippen LogP contribution in [0.15, 0.2) is 83.8 Å². The van der Waals surface area contributed by atoms with E-state index in [1.165, 1.54) is 33.9 Å². The van der Waals surface area contributed by atoms with Crippen molar-refractivity contribution in [2.45, 2.75) is 11.8 Å². The molecule has 1 aromatic heterocycles. The highest BCUT2D eigenvalue weighted by atomic mass is 32.2. The molecule has 0 aliphatic carbocycles. The van der Waals surface area contributed by atoms with Gasteiger partial charge in [0.25, 0.3) is 0 Å². The molecule has 0 saturated heterocycles. The van der Waals surface area contributed by atoms with Crippen LogP contribution in [0.4, 0.5) is 0 Å². The third-order valence-corrected chi connectivity index (χ3v) is 5.07. The van der Waals surface area contributed by atoms with Gasteiger partial charge in [-0.2, -0.15) is 4.57 Å². The van der Waals surface area contributed by atoms with E-state index in [-0.39, 0.29) is 4.90 Å². The molecule has 1 heterocycles. The van der Waals surface area contributed by atoms with Crippen molar-refractivity contribution in [2.24, 2.45) is 7.05 Å². The molecule has 0 saturated carbocycles. The van der Waals surface area contributed by atoms with Crippen molar-refractivity contribution in [3.8, 4) is 0 Å². The van der Waals surface area contributed by atoms with Gasteiger partial charge in [0.2, 0.25) is 11.0 Å². The van der Waals surface area contributed by atoms with Gasteiger partial charge in [0.05, 0.1) is 4.90 Å². The second-order valence-electron chi connectivity index (χ2n) is 6.09. The molecule has 0 fully saturated rings. The second kappa shape index (κ2) is 7.23. The van der Waals surface area contributed by atoms with E-state index in [1.54, 1.807) is 12.1 Å². The number of aryl methyl sites for hydroxylation is 2. The molecule has 26 heavy (non-hydrogen) atoms. The lowest BCUT2D eigenvalue weighted by molar-refractivity contribution is -0.617. The summed E-state index contributed by atoms with van der Waals surface area (Å²) in [4.78, 5) is -0.178. The van der Waals surface area contributed by atoms with Gasteiger partial charge in [-0.1, -0.05) is 42.0 Å². The van der Waals surface area contributed by atoms with Gasteiger partial charge in [0.1, 0.15) is 17.2 Å². The van der Waals surface area contributed by atoms with Crippen LogP contribution in [0.5, 0.6) is 0 Å². The molecule has 0 radical (unpaired) electrons. The molecule has 0 aliphatic heterocycles. The molecule has 3 aromatic carbocycles. The first-order valence-electron chi connectivity index (χ1n) is 8.15. The summed E-state index contributed by atoms with van der Waals surface area (Å²) < 4.78 is 33.4. The Morgan fingerprint density at radius 1 is 0.769 bits per heavy atom. The van der Waals surface area contributed by atoms with Crippen LogP contribution in [0, 0.1) is 6.92 Å². The summed E-state index contributed by atoms with van der Waals surface area (Å²) >= 11 is 0. The molecule has 0 N–H and O–H groups in total. The Balaban J connectivity index is 0.000000160. The Kier molecular flexibility index (Phi) is 5.02. The van der Waals surface area contributed by atoms with Gasteiger partial charge in [-0.25, -0.2) is 8.42 Å². The summed E-state index contributed by atoms with van der Waals surface area (Å²) in [6.45, 7) is 1.82. The third kappa shape index (κ3) is 3.90. The number of benzene rings is 3. The maximum atomic E-state index is 10.4. The fourth-order valence-electron chi connectivity index (χ4n) is 2.83. The Labute approximate surface area is 153 Å². The quantitative estimate of drug-likeness (QED) is 0.293. The SMILES string of the molecule is C[n+]1c2ccccc2cc2ccccc21.Cc1ccc(S(=O)(=O)[O-])cc1. The number of hydrogen-bond donors (Lipinski definition) is 0. The zero-order valence-corrected chi connectivity index (χ0v) is 15.4. The van der Waals surface area contributed by atoms with Crippen LogP contribution in [0.3, 0.4) is 0 Å². The van der Waals surface area contributed by atoms with E-state index < -0.39 is 10.1 Å². The van der Waals surface area contributed by atoms with Crippen LogP contribution in [0.25, 0.3) is 21.8 Å². The highest BCUT2D eigenvalue weighted by Crippen LogP contribution is 2.16. The largest absolute Gasteiger partial charge is 0.744 e. The van der Waals surface area contributed by atoms with Gasteiger partial charge in [-0.05, 0) is 37.3 Å². The molecule has 0 unspecified atom stereocenters. The summed E-state index contributed by atoms with van der Waals surface area (Å²) in [6.07, 6.45) is 0. The number of hydrogen-bond acceptors (Lipinski definition) is 3. The zero-order chi connectivity index (χ0) is 18.7. The molecule has 4 rings (SSSR count). The van der Waals surface area contributed by atoms with Gasteiger partial charge < -0.3 is 4.55 Å². The molecule has 4 aromatic rings. The minimum Gasteiger partial charge on any atom is -0.744 e. The fraction of sp³-hybridized carbons (Fsp3) is 0.0952. The normalized spacial score (nSPS) is 11.2. The van der Waals surface area contributed by atoms with E-state index in [2.05, 4.69) is 66.2 Å². The molecule has 132 valence electrons. The molecule has 0 bridgehead atoms. The zero-order valence-electron chi connectivity index (χ0n) is 14.6. The minimum absolute atomic E-state index is 0.178. The smallest absolute Gasteiger partial charge is 0.212 e. The maximum absolute atomic E-state index is 10.4. The van der Waals surface area contributed by atoms with Crippen molar-refractivity contribution >= 4 is 31.9 Å². The highest BCUT2D eigenvalue weighted by molar-refractivity contribution is 7.85. The van der Waals surface area contributed by atoms with Gasteiger partial charge in [0, 0.05) is 22.9 Å². The van der Waals surface area contributed by atoms with Crippen molar-refractivity contribution in [3.63, 3.8) is 0 Å². The highest BCUT2D eigenvalue weighted by Gasteiger charge is 2.09. The molecular formula is C21H19NO3S. The Morgan fingerprint density at radius 2 is 1.23 bits per heavy atom. The van der Waals surface area contributed by atoms with E-state index in [9.17, 15) is 13.0 Å². The minimum atomic E-state index is -4.27. The lowest BCUT2D eigenvalue weighted by Gasteiger charge is -2.05. The second-order valence-corrected chi connectivity index (χ2v) is 7.47. The number of para-hydroxylation sites is 2. The number of pyridine rings is 1. The van der Waals surface area contributed by atoms with Gasteiger partial charge in [-0.15, -0.1) is 0 Å². The van der Waals surface area contributed by atoms with E-state index in [0.29, 0.717) is 0 Å². The van der Waals surface area contributed by atoms with Gasteiger partial charge >= 0.3 is 0 Å². The number of aromatic nitrogens is 1. The predicted octanol–water partition coefficient (Wildman–Crippen LogP) is 3.72. The summed E-state index contributed by atoms with van der Waals surface area (Å²) in [5.41, 5.74) is 3.48. The summed E-state index contributed by atoms with van der Waals surface area (Å²) in [6, 6.07) is 25.0. The van der Waals surface area contributed by atoms with Crippen LogP contribution in [0.1, 0.15) is 5.56 Å². The standard InChI is InChI=1S/C14H12N.C7H8O3S/c1-15-13-8-4-2-6-11(13)10-12-7-3-5-9-14(12)15;1-6-2-4-7(5-3-6)11(8,9)10/h2-10H,1H3;2-5H,1H3,(H,8,9,10)/q+1;/p-1. The van der Waals surface area contributed by atoms with Crippen molar-refractivity contribution < 1.29 is 17.5 Å². The van der Waals surface area contributed by atoms with Gasteiger partial charge in [0.15, 0.2) is 0 Å². The Morgan fingerprint density at radius 3 is 1.69 bits per heavy atom. The van der Waals surface area contributed by atoms with Crippen molar-refractivity contribution in [3.05, 3.63) is 84.4 Å². The predicted molar refractivity (Wildman–Crippen MR) is 102 cm³/mol. The van der Waals surface area contributed by atoms with E-state index in [0.717, 1.165) is 5.56 Å². The van der Waals surface area contributed by atoms with E-state index in [4.69, 9.17) is 0 Å². The first-order valence-corrected chi connectivity index (χ1v) is 9.56. The molecule has 4 nitrogen and oxygen atoms in total. The Hall–Kier alpha value is -2.76. The third-order valence-electron chi connectivity index (χ3n) is 4.22. The average Bonchev–Trinajstić information content (AvgIpc) is 2.62. The van der Waals surface area contributed by atoms with Crippen LogP contribution < -0.4 is 4.57 Å². The van der Waals surface area contributed by atoms with E-state index in [1.807, 2.05) is 6.92 Å². The van der Waals surface area contributed by atoms with E-state index >= 15 is 0 Å². The number of nitrogens with zero attached hydrogens (tertiary/aromatic N) is 1. The monoisotopic (exact) mass is 365 g/mol. The lowest BCUT2D eigenvalue weighted by atomic mass is 10.1. The molecule has 0 atom stereocenters. The topological polar surface area (TPSA) is 61.1 Å². The molecule has 0 aliphatic rings. The van der Waals surface area contributed by atoms with Crippen LogP contribution in [-0.2, 0) is 17.2 Å². The lowest BCUT2D eigenvalue weighted by Crippen LogP contribution is -2.29. The molecule has 0 spiro atoms. The first kappa shape index (κ1) is 18.0. The fourth-order valence-corrected chi connectivity index (χ4v) is 3.30. The van der Waals surface area contributed by atoms with Crippen LogP contribution >= 0.6 is 0 Å². The van der Waals surface area contributed by atoms with Crippen molar-refractivity contribution in [2.75, 3.05) is 0 Å². The van der Waals surface area contributed by atoms with Crippen LogP contribution in [0.2, 0.25) is 0 Å². The van der Waals surface area contributed by atoms with Crippen molar-refractivity contribution in [1.82, 2.24) is 0 Å². The van der Waals surface area contributed by atoms with Gasteiger partial charge in [-0.3, -0.25) is 0 Å². The first-order chi connectivity index (χ1) is 12.4. The number of fused-ring (bicyclic) bond motifs is 2. The average molecular weight is 365 g/mol. The summed E-state index contributed by atoms with van der Waals surface area (Å²) in [5.74, 6) is 0. The summed E-state index contributed by atoms with van der Waals surface area (Å²) in [5, 5.41) is 2.58. The summed E-state index contributed by atoms with van der Waals surface area (Å²) in [7, 11) is -2.15. The van der Waals surface area contributed by atoms with Crippen molar-refractivity contribution in [1.29, 1.82) is 0 Å². The van der Waals surface area contributed by atoms with Crippen LogP contribution in [-0.4, -0.2) is 13.0 Å². The Bertz CT molecular complexity index is 1110. The number of rotatable bonds is 1. The maximum Gasteiger partial charge on any atom is 0.212 e. The molecule has 0 amide bonds. The molecular weight excluding hydrogens is 346 g/mol. The molecule has 5 heteroatoms.